The van der Waals surface area contributed by atoms with E-state index in [1.165, 1.54) is 0 Å². The number of fused-ring (bicyclic) bond motifs is 1. The van der Waals surface area contributed by atoms with E-state index in [0.29, 0.717) is 22.5 Å². The van der Waals surface area contributed by atoms with Crippen LogP contribution in [0.3, 0.4) is 0 Å². The number of carbonyl (C=O) groups is 3. The Morgan fingerprint density at radius 2 is 2.00 bits per heavy atom. The molecule has 1 fully saturated rings. The number of anilines is 1. The lowest BCUT2D eigenvalue weighted by atomic mass is 9.92. The average molecular weight is 364 g/mol. The Morgan fingerprint density at radius 1 is 1.19 bits per heavy atom. The normalized spacial score (nSPS) is 19.0. The molecule has 0 spiro atoms. The summed E-state index contributed by atoms with van der Waals surface area (Å²) in [6.07, 6.45) is 0.0513. The van der Waals surface area contributed by atoms with Crippen molar-refractivity contribution in [3.63, 3.8) is 0 Å². The van der Waals surface area contributed by atoms with Gasteiger partial charge in [0.25, 0.3) is 5.91 Å². The molecule has 4 rings (SSSR count). The van der Waals surface area contributed by atoms with Crippen LogP contribution in [0.15, 0.2) is 53.1 Å². The quantitative estimate of drug-likeness (QED) is 0.613. The summed E-state index contributed by atoms with van der Waals surface area (Å²) >= 11 is 0. The Balaban J connectivity index is 1.52. The van der Waals surface area contributed by atoms with E-state index in [0.717, 1.165) is 5.39 Å². The highest BCUT2D eigenvalue weighted by Crippen LogP contribution is 2.26. The number of urea groups is 1. The van der Waals surface area contributed by atoms with Crippen molar-refractivity contribution in [2.75, 3.05) is 5.32 Å². The predicted octanol–water partition coefficient (Wildman–Crippen LogP) is 2.06. The summed E-state index contributed by atoms with van der Waals surface area (Å²) in [5, 5.41) is 12.3. The molecule has 8 nitrogen and oxygen atoms in total. The van der Waals surface area contributed by atoms with Crippen molar-refractivity contribution in [1.29, 1.82) is 0 Å². The van der Waals surface area contributed by atoms with Gasteiger partial charge in [0.1, 0.15) is 11.2 Å². The number of benzene rings is 2. The molecule has 3 aromatic rings. The summed E-state index contributed by atoms with van der Waals surface area (Å²) in [6, 6.07) is 13.6. The molecule has 2 aromatic carbocycles. The molecule has 1 saturated heterocycles. The predicted molar refractivity (Wildman–Crippen MR) is 96.8 cm³/mol. The average Bonchev–Trinajstić information content (AvgIpc) is 3.16. The molecule has 0 radical (unpaired) electrons. The highest BCUT2D eigenvalue weighted by Gasteiger charge is 2.43. The van der Waals surface area contributed by atoms with E-state index in [2.05, 4.69) is 21.1 Å². The number of para-hydroxylation sites is 1. The molecule has 1 aromatic heterocycles. The largest absolute Gasteiger partial charge is 0.356 e. The maximum absolute atomic E-state index is 12.4. The standard InChI is InChI=1S/C19H16N4O4/c1-19(17(25)21-18(26)22-19)11-5-4-6-12(9-11)20-16(24)10-14-13-7-2-3-8-15(13)27-23-14/h2-9H,10H2,1H3,(H,20,24)(H2,21,22,25,26)/t19-/m0/s1. The second-order valence-corrected chi connectivity index (χ2v) is 6.46. The van der Waals surface area contributed by atoms with E-state index in [1.807, 2.05) is 18.2 Å². The number of carbonyl (C=O) groups excluding carboxylic acids is 3. The Morgan fingerprint density at radius 3 is 2.78 bits per heavy atom. The van der Waals surface area contributed by atoms with Gasteiger partial charge in [0, 0.05) is 11.1 Å². The number of imide groups is 1. The van der Waals surface area contributed by atoms with E-state index < -0.39 is 17.5 Å². The van der Waals surface area contributed by atoms with E-state index in [-0.39, 0.29) is 12.3 Å². The van der Waals surface area contributed by atoms with Gasteiger partial charge in [0.15, 0.2) is 5.58 Å². The highest BCUT2D eigenvalue weighted by molar-refractivity contribution is 6.07. The lowest BCUT2D eigenvalue weighted by Gasteiger charge is -2.21. The second-order valence-electron chi connectivity index (χ2n) is 6.46. The Labute approximate surface area is 153 Å². The van der Waals surface area contributed by atoms with Crippen molar-refractivity contribution in [2.45, 2.75) is 18.9 Å². The van der Waals surface area contributed by atoms with E-state index in [1.54, 1.807) is 37.3 Å². The van der Waals surface area contributed by atoms with Crippen LogP contribution in [-0.4, -0.2) is 23.0 Å². The van der Waals surface area contributed by atoms with Crippen LogP contribution in [-0.2, 0) is 21.5 Å². The number of aromatic nitrogens is 1. The summed E-state index contributed by atoms with van der Waals surface area (Å²) in [6.45, 7) is 1.61. The fraction of sp³-hybridized carbons (Fsp3) is 0.158. The van der Waals surface area contributed by atoms with E-state index >= 15 is 0 Å². The molecular weight excluding hydrogens is 348 g/mol. The third-order valence-electron chi connectivity index (χ3n) is 4.55. The molecule has 0 saturated carbocycles. The third kappa shape index (κ3) is 3.01. The zero-order valence-corrected chi connectivity index (χ0v) is 14.4. The first-order chi connectivity index (χ1) is 13.0. The smallest absolute Gasteiger partial charge is 0.322 e. The van der Waals surface area contributed by atoms with Crippen LogP contribution in [0.1, 0.15) is 18.2 Å². The van der Waals surface area contributed by atoms with Gasteiger partial charge in [-0.1, -0.05) is 29.4 Å². The number of nitrogens with zero attached hydrogens (tertiary/aromatic N) is 1. The summed E-state index contributed by atoms with van der Waals surface area (Å²) in [7, 11) is 0. The number of amides is 4. The molecule has 3 N–H and O–H groups in total. The number of nitrogens with one attached hydrogen (secondary N) is 3. The minimum Gasteiger partial charge on any atom is -0.356 e. The number of hydrogen-bond acceptors (Lipinski definition) is 5. The van der Waals surface area contributed by atoms with Crippen LogP contribution in [0.25, 0.3) is 11.0 Å². The second kappa shape index (κ2) is 6.24. The van der Waals surface area contributed by atoms with Crippen molar-refractivity contribution in [3.8, 4) is 0 Å². The number of rotatable bonds is 4. The molecule has 136 valence electrons. The molecule has 1 aliphatic rings. The first-order valence-corrected chi connectivity index (χ1v) is 8.33. The maximum atomic E-state index is 12.4. The van der Waals surface area contributed by atoms with Crippen molar-refractivity contribution < 1.29 is 18.9 Å². The van der Waals surface area contributed by atoms with Gasteiger partial charge < -0.3 is 15.2 Å². The molecule has 1 atom stereocenters. The summed E-state index contributed by atoms with van der Waals surface area (Å²) in [4.78, 5) is 35.9. The Kier molecular flexibility index (Phi) is 3.88. The monoisotopic (exact) mass is 364 g/mol. The van der Waals surface area contributed by atoms with Crippen LogP contribution >= 0.6 is 0 Å². The van der Waals surface area contributed by atoms with Gasteiger partial charge >= 0.3 is 6.03 Å². The van der Waals surface area contributed by atoms with Crippen molar-refractivity contribution >= 4 is 34.5 Å². The molecule has 1 aliphatic heterocycles. The molecule has 0 unspecified atom stereocenters. The molecule has 8 heteroatoms. The summed E-state index contributed by atoms with van der Waals surface area (Å²) < 4.78 is 5.21. The van der Waals surface area contributed by atoms with E-state index in [4.69, 9.17) is 4.52 Å². The highest BCUT2D eigenvalue weighted by atomic mass is 16.5. The zero-order valence-electron chi connectivity index (χ0n) is 14.4. The molecule has 0 bridgehead atoms. The molecular formula is C19H16N4O4. The van der Waals surface area contributed by atoms with Gasteiger partial charge in [-0.2, -0.15) is 0 Å². The summed E-state index contributed by atoms with van der Waals surface area (Å²) in [5.74, 6) is -0.707. The van der Waals surface area contributed by atoms with Gasteiger partial charge in [0.05, 0.1) is 6.42 Å². The summed E-state index contributed by atoms with van der Waals surface area (Å²) in [5.41, 5.74) is 1.07. The fourth-order valence-electron chi connectivity index (χ4n) is 3.08. The van der Waals surface area contributed by atoms with Crippen LogP contribution < -0.4 is 16.0 Å². The van der Waals surface area contributed by atoms with E-state index in [9.17, 15) is 14.4 Å². The van der Waals surface area contributed by atoms with Crippen LogP contribution in [0, 0.1) is 0 Å². The van der Waals surface area contributed by atoms with Gasteiger partial charge in [-0.15, -0.1) is 0 Å². The van der Waals surface area contributed by atoms with Crippen molar-refractivity contribution in [2.24, 2.45) is 0 Å². The van der Waals surface area contributed by atoms with Crippen LogP contribution in [0.2, 0.25) is 0 Å². The van der Waals surface area contributed by atoms with Crippen LogP contribution in [0.5, 0.6) is 0 Å². The minimum absolute atomic E-state index is 0.0513. The molecule has 27 heavy (non-hydrogen) atoms. The first-order valence-electron chi connectivity index (χ1n) is 8.33. The zero-order chi connectivity index (χ0) is 19.0. The Hall–Kier alpha value is -3.68. The van der Waals surface area contributed by atoms with Gasteiger partial charge in [-0.05, 0) is 36.8 Å². The topological polar surface area (TPSA) is 113 Å². The van der Waals surface area contributed by atoms with Gasteiger partial charge in [-0.25, -0.2) is 4.79 Å². The van der Waals surface area contributed by atoms with Crippen molar-refractivity contribution in [1.82, 2.24) is 15.8 Å². The van der Waals surface area contributed by atoms with Gasteiger partial charge in [0.2, 0.25) is 5.91 Å². The lowest BCUT2D eigenvalue weighted by Crippen LogP contribution is -2.40. The minimum atomic E-state index is -1.18. The number of hydrogen-bond donors (Lipinski definition) is 3. The maximum Gasteiger partial charge on any atom is 0.322 e. The SMILES string of the molecule is C[C@@]1(c2cccc(NC(=O)Cc3noc4ccccc34)c2)NC(=O)NC1=O. The fourth-order valence-corrected chi connectivity index (χ4v) is 3.08. The molecule has 2 heterocycles. The lowest BCUT2D eigenvalue weighted by molar-refractivity contribution is -0.123. The van der Waals surface area contributed by atoms with Crippen LogP contribution in [0.4, 0.5) is 10.5 Å². The first kappa shape index (κ1) is 16.8. The molecule has 0 aliphatic carbocycles. The molecule has 4 amide bonds. The third-order valence-corrected chi connectivity index (χ3v) is 4.55. The van der Waals surface area contributed by atoms with Gasteiger partial charge in [-0.3, -0.25) is 14.9 Å². The van der Waals surface area contributed by atoms with Crippen molar-refractivity contribution in [3.05, 3.63) is 59.8 Å². The Bertz CT molecular complexity index is 1070.